The van der Waals surface area contributed by atoms with Gasteiger partial charge < -0.3 is 9.47 Å². The van der Waals surface area contributed by atoms with Gasteiger partial charge in [-0.3, -0.25) is 0 Å². The van der Waals surface area contributed by atoms with Crippen molar-refractivity contribution in [3.05, 3.63) is 29.8 Å². The van der Waals surface area contributed by atoms with E-state index in [4.69, 9.17) is 9.47 Å². The first-order valence-electron chi connectivity index (χ1n) is 4.64. The van der Waals surface area contributed by atoms with Crippen LogP contribution in [0.3, 0.4) is 0 Å². The van der Waals surface area contributed by atoms with E-state index >= 15 is 0 Å². The van der Waals surface area contributed by atoms with Gasteiger partial charge >= 0.3 is 0 Å². The summed E-state index contributed by atoms with van der Waals surface area (Å²) in [5.74, 6) is 0.966. The highest BCUT2D eigenvalue weighted by Crippen LogP contribution is 2.34. The summed E-state index contributed by atoms with van der Waals surface area (Å²) in [4.78, 5) is 0. The molecule has 1 aliphatic heterocycles. The minimum atomic E-state index is 0.121. The Morgan fingerprint density at radius 1 is 1.38 bits per heavy atom. The molecule has 1 aromatic carbocycles. The first-order chi connectivity index (χ1) is 6.27. The molecular formula is C11H14O2. The van der Waals surface area contributed by atoms with Gasteiger partial charge in [-0.15, -0.1) is 0 Å². The Morgan fingerprint density at radius 2 is 2.15 bits per heavy atom. The maximum Gasteiger partial charge on any atom is 0.125 e. The summed E-state index contributed by atoms with van der Waals surface area (Å²) in [5, 5.41) is 0. The molecule has 0 unspecified atom stereocenters. The molecule has 1 aliphatic rings. The average Bonchev–Trinajstić information content (AvgIpc) is 2.48. The van der Waals surface area contributed by atoms with Gasteiger partial charge in [0.05, 0.1) is 6.10 Å². The van der Waals surface area contributed by atoms with E-state index in [0.29, 0.717) is 6.61 Å². The van der Waals surface area contributed by atoms with E-state index in [1.54, 1.807) is 0 Å². The molecule has 0 saturated carbocycles. The Labute approximate surface area is 78.5 Å². The van der Waals surface area contributed by atoms with Crippen molar-refractivity contribution in [1.82, 2.24) is 0 Å². The van der Waals surface area contributed by atoms with Gasteiger partial charge in [0.15, 0.2) is 0 Å². The largest absolute Gasteiger partial charge is 0.490 e. The summed E-state index contributed by atoms with van der Waals surface area (Å²) < 4.78 is 11.2. The Bertz CT molecular complexity index is 294. The summed E-state index contributed by atoms with van der Waals surface area (Å²) in [6, 6.07) is 8.05. The van der Waals surface area contributed by atoms with Crippen molar-refractivity contribution in [2.75, 3.05) is 6.61 Å². The van der Waals surface area contributed by atoms with Gasteiger partial charge in [-0.2, -0.15) is 0 Å². The fourth-order valence-corrected chi connectivity index (χ4v) is 1.57. The average molecular weight is 178 g/mol. The van der Waals surface area contributed by atoms with Crippen LogP contribution in [0.4, 0.5) is 0 Å². The van der Waals surface area contributed by atoms with Crippen LogP contribution in [0.5, 0.6) is 5.75 Å². The van der Waals surface area contributed by atoms with Gasteiger partial charge in [0.1, 0.15) is 18.5 Å². The van der Waals surface area contributed by atoms with Crippen LogP contribution >= 0.6 is 0 Å². The molecule has 0 aliphatic carbocycles. The lowest BCUT2D eigenvalue weighted by Gasteiger charge is -2.13. The van der Waals surface area contributed by atoms with Crippen LogP contribution in [0.2, 0.25) is 0 Å². The first-order valence-corrected chi connectivity index (χ1v) is 4.64. The fourth-order valence-electron chi connectivity index (χ4n) is 1.57. The van der Waals surface area contributed by atoms with Gasteiger partial charge in [-0.25, -0.2) is 0 Å². The molecule has 13 heavy (non-hydrogen) atoms. The quantitative estimate of drug-likeness (QED) is 0.692. The Kier molecular flexibility index (Phi) is 2.23. The van der Waals surface area contributed by atoms with Crippen LogP contribution in [-0.2, 0) is 4.74 Å². The molecule has 1 heterocycles. The fraction of sp³-hybridized carbons (Fsp3) is 0.455. The lowest BCUT2D eigenvalue weighted by molar-refractivity contribution is -0.00342. The molecule has 0 N–H and O–H groups in total. The highest BCUT2D eigenvalue weighted by molar-refractivity contribution is 5.38. The van der Waals surface area contributed by atoms with Gasteiger partial charge in [0, 0.05) is 5.56 Å². The lowest BCUT2D eigenvalue weighted by atomic mass is 10.1. The molecule has 0 spiro atoms. The second-order valence-electron chi connectivity index (χ2n) is 3.52. The van der Waals surface area contributed by atoms with Gasteiger partial charge in [-0.1, -0.05) is 18.2 Å². The van der Waals surface area contributed by atoms with Crippen LogP contribution in [-0.4, -0.2) is 12.7 Å². The molecule has 0 aromatic heterocycles. The minimum absolute atomic E-state index is 0.121. The summed E-state index contributed by atoms with van der Waals surface area (Å²) in [6.45, 7) is 4.74. The van der Waals surface area contributed by atoms with Crippen molar-refractivity contribution in [2.24, 2.45) is 0 Å². The van der Waals surface area contributed by atoms with Gasteiger partial charge in [0.2, 0.25) is 0 Å². The third kappa shape index (κ3) is 1.68. The zero-order chi connectivity index (χ0) is 9.26. The smallest absolute Gasteiger partial charge is 0.125 e. The number of ether oxygens (including phenoxy) is 2. The maximum atomic E-state index is 5.71. The van der Waals surface area contributed by atoms with Crippen LogP contribution in [0.1, 0.15) is 25.5 Å². The van der Waals surface area contributed by atoms with Crippen molar-refractivity contribution >= 4 is 0 Å². The number of rotatable bonds is 2. The topological polar surface area (TPSA) is 18.5 Å². The van der Waals surface area contributed by atoms with Crippen LogP contribution < -0.4 is 4.74 Å². The monoisotopic (exact) mass is 178 g/mol. The summed E-state index contributed by atoms with van der Waals surface area (Å²) in [7, 11) is 0. The van der Waals surface area contributed by atoms with Crippen LogP contribution in [0.25, 0.3) is 0 Å². The lowest BCUT2D eigenvalue weighted by Crippen LogP contribution is -2.11. The predicted octanol–water partition coefficient (Wildman–Crippen LogP) is 2.55. The molecule has 70 valence electrons. The van der Waals surface area contributed by atoms with E-state index in [1.807, 2.05) is 32.0 Å². The molecule has 2 nitrogen and oxygen atoms in total. The summed E-state index contributed by atoms with van der Waals surface area (Å²) in [5.41, 5.74) is 1.18. The third-order valence-corrected chi connectivity index (χ3v) is 2.09. The SMILES string of the molecule is CC(C)O[C@@H]1COc2ccccc21. The van der Waals surface area contributed by atoms with Crippen molar-refractivity contribution < 1.29 is 9.47 Å². The molecule has 2 heteroatoms. The predicted molar refractivity (Wildman–Crippen MR) is 50.9 cm³/mol. The highest BCUT2D eigenvalue weighted by Gasteiger charge is 2.24. The Morgan fingerprint density at radius 3 is 2.92 bits per heavy atom. The number of hydrogen-bond donors (Lipinski definition) is 0. The van der Waals surface area contributed by atoms with Crippen molar-refractivity contribution in [3.8, 4) is 5.75 Å². The standard InChI is InChI=1S/C11H14O2/c1-8(2)13-11-7-12-10-6-4-3-5-9(10)11/h3-6,8,11H,7H2,1-2H3/t11-/m1/s1. The Hall–Kier alpha value is -1.02. The van der Waals surface area contributed by atoms with Crippen molar-refractivity contribution in [3.63, 3.8) is 0 Å². The van der Waals surface area contributed by atoms with Crippen LogP contribution in [0, 0.1) is 0 Å². The Balaban J connectivity index is 2.18. The molecule has 0 bridgehead atoms. The van der Waals surface area contributed by atoms with E-state index in [2.05, 4.69) is 6.07 Å². The zero-order valence-corrected chi connectivity index (χ0v) is 7.99. The second-order valence-corrected chi connectivity index (χ2v) is 3.52. The van der Waals surface area contributed by atoms with E-state index < -0.39 is 0 Å². The number of para-hydroxylation sites is 1. The molecule has 0 saturated heterocycles. The molecule has 1 atom stereocenters. The molecule has 0 amide bonds. The minimum Gasteiger partial charge on any atom is -0.490 e. The van der Waals surface area contributed by atoms with E-state index in [0.717, 1.165) is 5.75 Å². The first kappa shape index (κ1) is 8.57. The summed E-state index contributed by atoms with van der Waals surface area (Å²) >= 11 is 0. The molecular weight excluding hydrogens is 164 g/mol. The maximum absolute atomic E-state index is 5.71. The highest BCUT2D eigenvalue weighted by atomic mass is 16.5. The van der Waals surface area contributed by atoms with Gasteiger partial charge in [-0.05, 0) is 19.9 Å². The van der Waals surface area contributed by atoms with Gasteiger partial charge in [0.25, 0.3) is 0 Å². The van der Waals surface area contributed by atoms with E-state index in [1.165, 1.54) is 5.56 Å². The number of hydrogen-bond acceptors (Lipinski definition) is 2. The van der Waals surface area contributed by atoms with Crippen molar-refractivity contribution in [1.29, 1.82) is 0 Å². The molecule has 0 radical (unpaired) electrons. The summed E-state index contributed by atoms with van der Waals surface area (Å²) in [6.07, 6.45) is 0.371. The second kappa shape index (κ2) is 3.38. The molecule has 2 rings (SSSR count). The molecule has 0 fully saturated rings. The normalized spacial score (nSPS) is 20.1. The van der Waals surface area contributed by atoms with E-state index in [-0.39, 0.29) is 12.2 Å². The third-order valence-electron chi connectivity index (χ3n) is 2.09. The van der Waals surface area contributed by atoms with Crippen molar-refractivity contribution in [2.45, 2.75) is 26.1 Å². The van der Waals surface area contributed by atoms with E-state index in [9.17, 15) is 0 Å². The number of benzene rings is 1. The molecule has 1 aromatic rings. The van der Waals surface area contributed by atoms with Crippen LogP contribution in [0.15, 0.2) is 24.3 Å². The number of fused-ring (bicyclic) bond motifs is 1. The zero-order valence-electron chi connectivity index (χ0n) is 7.99.